The van der Waals surface area contributed by atoms with E-state index in [0.29, 0.717) is 22.5 Å². The normalized spacial score (nSPS) is 14.7. The van der Waals surface area contributed by atoms with Gasteiger partial charge in [-0.05, 0) is 49.4 Å². The van der Waals surface area contributed by atoms with E-state index in [2.05, 4.69) is 20.1 Å². The lowest BCUT2D eigenvalue weighted by Crippen LogP contribution is -2.23. The number of halogens is 1. The molecule has 146 valence electrons. The molecule has 1 unspecified atom stereocenters. The van der Waals surface area contributed by atoms with Crippen LogP contribution in [0.25, 0.3) is 10.7 Å². The first-order valence-electron chi connectivity index (χ1n) is 8.86. The summed E-state index contributed by atoms with van der Waals surface area (Å²) in [5.41, 5.74) is 0.551. The average molecular weight is 435 g/mol. The molecule has 2 aromatic heterocycles. The SMILES string of the molecule is COc1ccc(Cl)cc1NC(=O)C(C)Sc1nnc(-c2cccs2)n1C1CC1. The number of anilines is 1. The van der Waals surface area contributed by atoms with E-state index in [1.54, 1.807) is 36.6 Å². The fourth-order valence-electron chi connectivity index (χ4n) is 2.82. The number of thioether (sulfide) groups is 1. The maximum absolute atomic E-state index is 12.7. The number of nitrogens with zero attached hydrogens (tertiary/aromatic N) is 3. The van der Waals surface area contributed by atoms with Crippen molar-refractivity contribution in [3.05, 3.63) is 40.7 Å². The summed E-state index contributed by atoms with van der Waals surface area (Å²) in [4.78, 5) is 13.8. The van der Waals surface area contributed by atoms with Gasteiger partial charge in [-0.3, -0.25) is 9.36 Å². The van der Waals surface area contributed by atoms with Gasteiger partial charge in [0.05, 0.1) is 22.9 Å². The number of thiophene rings is 1. The van der Waals surface area contributed by atoms with Gasteiger partial charge in [0.2, 0.25) is 5.91 Å². The Morgan fingerprint density at radius 3 is 2.89 bits per heavy atom. The summed E-state index contributed by atoms with van der Waals surface area (Å²) in [6.45, 7) is 1.85. The van der Waals surface area contributed by atoms with E-state index < -0.39 is 0 Å². The van der Waals surface area contributed by atoms with E-state index in [-0.39, 0.29) is 11.2 Å². The first-order valence-corrected chi connectivity index (χ1v) is 11.0. The van der Waals surface area contributed by atoms with E-state index >= 15 is 0 Å². The summed E-state index contributed by atoms with van der Waals surface area (Å²) in [5.74, 6) is 1.30. The highest BCUT2D eigenvalue weighted by Gasteiger charge is 2.31. The molecule has 0 radical (unpaired) electrons. The Morgan fingerprint density at radius 2 is 2.21 bits per heavy atom. The maximum atomic E-state index is 12.7. The third kappa shape index (κ3) is 4.04. The number of carbonyl (C=O) groups is 1. The predicted molar refractivity (Wildman–Crippen MR) is 114 cm³/mol. The first-order chi connectivity index (χ1) is 13.6. The molecule has 1 aliphatic rings. The van der Waals surface area contributed by atoms with Crippen LogP contribution < -0.4 is 10.1 Å². The van der Waals surface area contributed by atoms with Crippen LogP contribution >= 0.6 is 34.7 Å². The predicted octanol–water partition coefficient (Wildman–Crippen LogP) is 5.12. The molecule has 1 aliphatic carbocycles. The minimum atomic E-state index is -0.360. The fourth-order valence-corrected chi connectivity index (χ4v) is 4.61. The zero-order chi connectivity index (χ0) is 19.7. The molecule has 1 atom stereocenters. The van der Waals surface area contributed by atoms with Crippen LogP contribution in [0.5, 0.6) is 5.75 Å². The highest BCUT2D eigenvalue weighted by atomic mass is 35.5. The van der Waals surface area contributed by atoms with Crippen LogP contribution in [0.4, 0.5) is 5.69 Å². The maximum Gasteiger partial charge on any atom is 0.237 e. The number of ether oxygens (including phenoxy) is 1. The molecule has 4 rings (SSSR count). The second-order valence-corrected chi connectivity index (χ2v) is 9.17. The Morgan fingerprint density at radius 1 is 1.39 bits per heavy atom. The summed E-state index contributed by atoms with van der Waals surface area (Å²) in [6, 6.07) is 9.59. The number of nitrogens with one attached hydrogen (secondary N) is 1. The van der Waals surface area contributed by atoms with Crippen LogP contribution in [-0.4, -0.2) is 33.0 Å². The van der Waals surface area contributed by atoms with Crippen molar-refractivity contribution in [2.75, 3.05) is 12.4 Å². The molecule has 28 heavy (non-hydrogen) atoms. The van der Waals surface area contributed by atoms with Crippen molar-refractivity contribution in [1.82, 2.24) is 14.8 Å². The number of benzene rings is 1. The third-order valence-corrected chi connectivity index (χ3v) is 6.55. The summed E-state index contributed by atoms with van der Waals surface area (Å²) < 4.78 is 7.46. The van der Waals surface area contributed by atoms with Gasteiger partial charge in [-0.25, -0.2) is 0 Å². The Hall–Kier alpha value is -2.03. The molecular formula is C19H19ClN4O2S2. The summed E-state index contributed by atoms with van der Waals surface area (Å²) in [7, 11) is 1.56. The van der Waals surface area contributed by atoms with Crippen molar-refractivity contribution >= 4 is 46.3 Å². The summed E-state index contributed by atoms with van der Waals surface area (Å²) in [6.07, 6.45) is 2.23. The van der Waals surface area contributed by atoms with Crippen LogP contribution in [0.15, 0.2) is 40.9 Å². The standard InChI is InChI=1S/C19H19ClN4O2S2/c1-11(18(25)21-14-10-12(20)5-8-15(14)26-2)28-19-23-22-17(16-4-3-9-27-16)24(19)13-6-7-13/h3-5,8-11,13H,6-7H2,1-2H3,(H,21,25). The van der Waals surface area contributed by atoms with Crippen LogP contribution in [0, 0.1) is 0 Å². The van der Waals surface area contributed by atoms with Gasteiger partial charge < -0.3 is 10.1 Å². The summed E-state index contributed by atoms with van der Waals surface area (Å²) >= 11 is 9.10. The molecule has 1 aromatic carbocycles. The van der Waals surface area contributed by atoms with E-state index in [4.69, 9.17) is 16.3 Å². The van der Waals surface area contributed by atoms with Gasteiger partial charge in [0.25, 0.3) is 0 Å². The summed E-state index contributed by atoms with van der Waals surface area (Å²) in [5, 5.41) is 14.6. The van der Waals surface area contributed by atoms with Crippen molar-refractivity contribution in [1.29, 1.82) is 0 Å². The van der Waals surface area contributed by atoms with E-state index in [1.165, 1.54) is 11.8 Å². The number of aromatic nitrogens is 3. The molecule has 1 amide bonds. The monoisotopic (exact) mass is 434 g/mol. The lowest BCUT2D eigenvalue weighted by Gasteiger charge is -2.15. The van der Waals surface area contributed by atoms with Crippen molar-refractivity contribution < 1.29 is 9.53 Å². The quantitative estimate of drug-likeness (QED) is 0.522. The number of hydrogen-bond acceptors (Lipinski definition) is 6. The van der Waals surface area contributed by atoms with Crippen LogP contribution in [0.1, 0.15) is 25.8 Å². The van der Waals surface area contributed by atoms with Crippen LogP contribution in [0.3, 0.4) is 0 Å². The van der Waals surface area contributed by atoms with Gasteiger partial charge in [-0.1, -0.05) is 29.4 Å². The van der Waals surface area contributed by atoms with Gasteiger partial charge in [-0.15, -0.1) is 21.5 Å². The smallest absolute Gasteiger partial charge is 0.237 e. The largest absolute Gasteiger partial charge is 0.495 e. The highest BCUT2D eigenvalue weighted by Crippen LogP contribution is 2.42. The molecule has 0 aliphatic heterocycles. The number of amides is 1. The Labute approximate surface area is 176 Å². The molecule has 1 N–H and O–H groups in total. The molecule has 0 saturated heterocycles. The molecule has 1 saturated carbocycles. The third-order valence-electron chi connectivity index (χ3n) is 4.39. The second-order valence-electron chi connectivity index (χ2n) is 6.48. The first kappa shape index (κ1) is 19.3. The molecule has 3 aromatic rings. The van der Waals surface area contributed by atoms with Crippen LogP contribution in [-0.2, 0) is 4.79 Å². The van der Waals surface area contributed by atoms with Gasteiger partial charge in [-0.2, -0.15) is 0 Å². The van der Waals surface area contributed by atoms with E-state index in [1.807, 2.05) is 24.4 Å². The minimum Gasteiger partial charge on any atom is -0.495 e. The van der Waals surface area contributed by atoms with E-state index in [9.17, 15) is 4.79 Å². The van der Waals surface area contributed by atoms with Crippen LogP contribution in [0.2, 0.25) is 5.02 Å². The van der Waals surface area contributed by atoms with Crippen molar-refractivity contribution in [2.45, 2.75) is 36.2 Å². The zero-order valence-electron chi connectivity index (χ0n) is 15.4. The minimum absolute atomic E-state index is 0.145. The van der Waals surface area contributed by atoms with Crippen molar-refractivity contribution in [3.8, 4) is 16.5 Å². The van der Waals surface area contributed by atoms with Gasteiger partial charge in [0.15, 0.2) is 11.0 Å². The topological polar surface area (TPSA) is 69.0 Å². The Bertz CT molecular complexity index is 986. The van der Waals surface area contributed by atoms with E-state index in [0.717, 1.165) is 28.7 Å². The van der Waals surface area contributed by atoms with Gasteiger partial charge in [0.1, 0.15) is 5.75 Å². The molecule has 0 spiro atoms. The molecule has 0 bridgehead atoms. The molecular weight excluding hydrogens is 416 g/mol. The molecule has 2 heterocycles. The average Bonchev–Trinajstić information content (AvgIpc) is 3.20. The molecule has 9 heteroatoms. The van der Waals surface area contributed by atoms with Gasteiger partial charge in [0, 0.05) is 11.1 Å². The molecule has 1 fully saturated rings. The Balaban J connectivity index is 1.52. The van der Waals surface area contributed by atoms with Crippen molar-refractivity contribution in [3.63, 3.8) is 0 Å². The van der Waals surface area contributed by atoms with Crippen molar-refractivity contribution in [2.24, 2.45) is 0 Å². The Kier molecular flexibility index (Phi) is 5.61. The van der Waals surface area contributed by atoms with Gasteiger partial charge >= 0.3 is 0 Å². The highest BCUT2D eigenvalue weighted by molar-refractivity contribution is 8.00. The fraction of sp³-hybridized carbons (Fsp3) is 0.316. The second kappa shape index (κ2) is 8.14. The zero-order valence-corrected chi connectivity index (χ0v) is 17.8. The number of carbonyl (C=O) groups excluding carboxylic acids is 1. The molecule has 6 nitrogen and oxygen atoms in total. The number of methoxy groups -OCH3 is 1. The number of hydrogen-bond donors (Lipinski definition) is 1. The lowest BCUT2D eigenvalue weighted by molar-refractivity contribution is -0.115. The number of rotatable bonds is 7. The lowest BCUT2D eigenvalue weighted by atomic mass is 10.3.